The van der Waals surface area contributed by atoms with E-state index in [0.717, 1.165) is 25.1 Å². The maximum atomic E-state index is 12.7. The lowest BCUT2D eigenvalue weighted by atomic mass is 10.1. The van der Waals surface area contributed by atoms with Crippen LogP contribution in [0.4, 0.5) is 11.4 Å². The Hall–Kier alpha value is -3.10. The molecule has 2 aromatic rings. The van der Waals surface area contributed by atoms with Crippen molar-refractivity contribution in [2.45, 2.75) is 18.9 Å². The second-order valence-electron chi connectivity index (χ2n) is 7.83. The van der Waals surface area contributed by atoms with E-state index in [4.69, 9.17) is 14.2 Å². The van der Waals surface area contributed by atoms with Gasteiger partial charge in [-0.2, -0.15) is 0 Å². The molecule has 2 aliphatic heterocycles. The summed E-state index contributed by atoms with van der Waals surface area (Å²) in [6, 6.07) is 14.5. The molecule has 0 aromatic heterocycles. The lowest BCUT2D eigenvalue weighted by Gasteiger charge is -2.27. The van der Waals surface area contributed by atoms with Crippen LogP contribution in [0, 0.1) is 0 Å². The molecule has 2 aromatic carbocycles. The molecular formula is C24H29N3O5. The first-order valence-corrected chi connectivity index (χ1v) is 11.0. The number of amides is 2. The number of nitrogens with one attached hydrogen (secondary N) is 2. The Morgan fingerprint density at radius 3 is 2.72 bits per heavy atom. The topological polar surface area (TPSA) is 89.1 Å². The zero-order valence-corrected chi connectivity index (χ0v) is 18.0. The van der Waals surface area contributed by atoms with Crippen LogP contribution in [0.15, 0.2) is 48.5 Å². The molecular weight excluding hydrogens is 410 g/mol. The number of ether oxygens (including phenoxy) is 3. The molecule has 0 spiro atoms. The van der Waals surface area contributed by atoms with Gasteiger partial charge in [0.15, 0.2) is 0 Å². The van der Waals surface area contributed by atoms with E-state index in [1.165, 1.54) is 0 Å². The Bertz CT molecular complexity index is 923. The quantitative estimate of drug-likeness (QED) is 0.658. The van der Waals surface area contributed by atoms with Crippen LogP contribution in [0.25, 0.3) is 0 Å². The van der Waals surface area contributed by atoms with E-state index in [2.05, 4.69) is 10.6 Å². The molecule has 2 saturated heterocycles. The maximum absolute atomic E-state index is 12.7. The van der Waals surface area contributed by atoms with Crippen LogP contribution in [0.1, 0.15) is 23.2 Å². The number of nitrogens with zero attached hydrogens (tertiary/aromatic N) is 1. The van der Waals surface area contributed by atoms with E-state index in [9.17, 15) is 9.59 Å². The van der Waals surface area contributed by atoms with Gasteiger partial charge in [-0.1, -0.05) is 18.2 Å². The number of benzene rings is 2. The van der Waals surface area contributed by atoms with Crippen LogP contribution < -0.4 is 15.4 Å². The number of anilines is 2. The fourth-order valence-electron chi connectivity index (χ4n) is 3.76. The summed E-state index contributed by atoms with van der Waals surface area (Å²) in [4.78, 5) is 26.9. The number of carbonyl (C=O) groups excluding carboxylic acids is 2. The molecule has 2 aliphatic rings. The predicted molar refractivity (Wildman–Crippen MR) is 121 cm³/mol. The zero-order valence-electron chi connectivity index (χ0n) is 18.0. The molecule has 8 heteroatoms. The number of hydrogen-bond donors (Lipinski definition) is 2. The highest BCUT2D eigenvalue weighted by molar-refractivity contribution is 5.98. The maximum Gasteiger partial charge on any atom is 0.254 e. The second-order valence-corrected chi connectivity index (χ2v) is 7.83. The van der Waals surface area contributed by atoms with Crippen molar-refractivity contribution in [2.75, 3.05) is 56.7 Å². The number of morpholine rings is 1. The highest BCUT2D eigenvalue weighted by Crippen LogP contribution is 2.25. The van der Waals surface area contributed by atoms with Crippen molar-refractivity contribution in [3.8, 4) is 5.75 Å². The lowest BCUT2D eigenvalue weighted by Crippen LogP contribution is -2.40. The smallest absolute Gasteiger partial charge is 0.254 e. The molecule has 8 nitrogen and oxygen atoms in total. The van der Waals surface area contributed by atoms with Crippen molar-refractivity contribution in [1.29, 1.82) is 0 Å². The largest absolute Gasteiger partial charge is 0.489 e. The summed E-state index contributed by atoms with van der Waals surface area (Å²) in [5.74, 6) is 0.420. The van der Waals surface area contributed by atoms with Crippen molar-refractivity contribution >= 4 is 23.2 Å². The fraction of sp³-hybridized carbons (Fsp3) is 0.417. The third kappa shape index (κ3) is 5.99. The summed E-state index contributed by atoms with van der Waals surface area (Å²) < 4.78 is 16.8. The molecule has 0 radical (unpaired) electrons. The van der Waals surface area contributed by atoms with E-state index < -0.39 is 0 Å². The van der Waals surface area contributed by atoms with Crippen molar-refractivity contribution in [2.24, 2.45) is 0 Å². The van der Waals surface area contributed by atoms with E-state index in [-0.39, 0.29) is 24.5 Å². The van der Waals surface area contributed by atoms with Crippen molar-refractivity contribution in [3.05, 3.63) is 54.1 Å². The van der Waals surface area contributed by atoms with E-state index in [1.54, 1.807) is 29.2 Å². The second kappa shape index (κ2) is 11.0. The average Bonchev–Trinajstić information content (AvgIpc) is 3.36. The molecule has 2 heterocycles. The molecule has 2 amide bonds. The van der Waals surface area contributed by atoms with Gasteiger partial charge in [-0.05, 0) is 43.2 Å². The molecule has 170 valence electrons. The predicted octanol–water partition coefficient (Wildman–Crippen LogP) is 2.77. The average molecular weight is 440 g/mol. The minimum atomic E-state index is -0.213. The van der Waals surface area contributed by atoms with Gasteiger partial charge < -0.3 is 29.7 Å². The standard InChI is InChI=1S/C24H29N3O5/c28-23(16-25-21-8-1-2-9-22(21)32-17-20-7-4-12-31-20)26-19-6-3-5-18(15-19)24(29)27-10-13-30-14-11-27/h1-3,5-6,8-9,15,20,25H,4,7,10-14,16-17H2,(H,26,28). The van der Waals surface area contributed by atoms with Crippen LogP contribution in [-0.4, -0.2) is 68.9 Å². The van der Waals surface area contributed by atoms with E-state index in [0.29, 0.717) is 49.9 Å². The van der Waals surface area contributed by atoms with Gasteiger partial charge in [-0.25, -0.2) is 0 Å². The van der Waals surface area contributed by atoms with Gasteiger partial charge in [0, 0.05) is 30.9 Å². The molecule has 1 atom stereocenters. The highest BCUT2D eigenvalue weighted by atomic mass is 16.5. The third-order valence-electron chi connectivity index (χ3n) is 5.47. The number of rotatable bonds is 8. The zero-order chi connectivity index (χ0) is 22.2. The number of para-hydroxylation sites is 2. The van der Waals surface area contributed by atoms with Gasteiger partial charge in [0.1, 0.15) is 12.4 Å². The minimum absolute atomic E-state index is 0.0557. The molecule has 0 bridgehead atoms. The Balaban J connectivity index is 1.30. The molecule has 2 N–H and O–H groups in total. The molecule has 1 unspecified atom stereocenters. The monoisotopic (exact) mass is 439 g/mol. The van der Waals surface area contributed by atoms with Crippen molar-refractivity contribution in [1.82, 2.24) is 4.90 Å². The van der Waals surface area contributed by atoms with E-state index >= 15 is 0 Å². The molecule has 32 heavy (non-hydrogen) atoms. The van der Waals surface area contributed by atoms with Crippen LogP contribution >= 0.6 is 0 Å². The number of carbonyl (C=O) groups is 2. The molecule has 4 rings (SSSR count). The van der Waals surface area contributed by atoms with Gasteiger partial charge in [-0.3, -0.25) is 9.59 Å². The van der Waals surface area contributed by atoms with Gasteiger partial charge in [0.2, 0.25) is 5.91 Å². The lowest BCUT2D eigenvalue weighted by molar-refractivity contribution is -0.114. The fourth-order valence-corrected chi connectivity index (χ4v) is 3.76. The summed E-state index contributed by atoms with van der Waals surface area (Å²) in [5, 5.41) is 5.98. The minimum Gasteiger partial charge on any atom is -0.489 e. The molecule has 2 fully saturated rings. The summed E-state index contributed by atoms with van der Waals surface area (Å²) in [6.45, 7) is 3.60. The normalized spacial score (nSPS) is 18.2. The summed E-state index contributed by atoms with van der Waals surface area (Å²) in [5.41, 5.74) is 1.88. The SMILES string of the molecule is O=C(CNc1ccccc1OCC1CCCO1)Nc1cccc(C(=O)N2CCOCC2)c1. The van der Waals surface area contributed by atoms with Crippen molar-refractivity contribution in [3.63, 3.8) is 0 Å². The first-order chi connectivity index (χ1) is 15.7. The summed E-state index contributed by atoms with van der Waals surface area (Å²) in [6.07, 6.45) is 2.19. The first kappa shape index (κ1) is 22.1. The first-order valence-electron chi connectivity index (χ1n) is 11.0. The van der Waals surface area contributed by atoms with Crippen LogP contribution in [0.5, 0.6) is 5.75 Å². The Labute approximate surface area is 187 Å². The van der Waals surface area contributed by atoms with Gasteiger partial charge in [0.25, 0.3) is 5.91 Å². The van der Waals surface area contributed by atoms with Gasteiger partial charge in [0.05, 0.1) is 31.5 Å². The van der Waals surface area contributed by atoms with Gasteiger partial charge >= 0.3 is 0 Å². The summed E-state index contributed by atoms with van der Waals surface area (Å²) >= 11 is 0. The highest BCUT2D eigenvalue weighted by Gasteiger charge is 2.19. The Kier molecular flexibility index (Phi) is 7.58. The van der Waals surface area contributed by atoms with Crippen molar-refractivity contribution < 1.29 is 23.8 Å². The molecule has 0 aliphatic carbocycles. The summed E-state index contributed by atoms with van der Waals surface area (Å²) in [7, 11) is 0. The Morgan fingerprint density at radius 1 is 1.06 bits per heavy atom. The van der Waals surface area contributed by atoms with E-state index in [1.807, 2.05) is 24.3 Å². The number of hydrogen-bond acceptors (Lipinski definition) is 6. The van der Waals surface area contributed by atoms with Gasteiger partial charge in [-0.15, -0.1) is 0 Å². The molecule has 0 saturated carbocycles. The van der Waals surface area contributed by atoms with Crippen LogP contribution in [0.2, 0.25) is 0 Å². The Morgan fingerprint density at radius 2 is 1.91 bits per heavy atom. The van der Waals surface area contributed by atoms with Crippen LogP contribution in [-0.2, 0) is 14.3 Å². The van der Waals surface area contributed by atoms with Crippen LogP contribution in [0.3, 0.4) is 0 Å². The third-order valence-corrected chi connectivity index (χ3v) is 5.47.